The average molecular weight is 209 g/mol. The van der Waals surface area contributed by atoms with Crippen molar-refractivity contribution in [3.63, 3.8) is 0 Å². The molecule has 0 aromatic carbocycles. The Bertz CT molecular complexity index is 255. The van der Waals surface area contributed by atoms with E-state index >= 15 is 0 Å². The predicted octanol–water partition coefficient (Wildman–Crippen LogP) is 3.21. The van der Waals surface area contributed by atoms with Gasteiger partial charge in [0.05, 0.1) is 0 Å². The third kappa shape index (κ3) is 2.82. The maximum absolute atomic E-state index is 3.68. The molecule has 1 saturated heterocycles. The van der Waals surface area contributed by atoms with E-state index < -0.39 is 0 Å². The smallest absolute Gasteiger partial charge is 0.00727 e. The zero-order chi connectivity index (χ0) is 9.80. The first-order valence-electron chi connectivity index (χ1n) is 5.62. The highest BCUT2D eigenvalue weighted by Crippen LogP contribution is 2.17. The summed E-state index contributed by atoms with van der Waals surface area (Å²) in [6.45, 7) is 2.30. The molecule has 2 unspecified atom stereocenters. The van der Waals surface area contributed by atoms with Gasteiger partial charge < -0.3 is 5.32 Å². The molecule has 1 aromatic heterocycles. The summed E-state index contributed by atoms with van der Waals surface area (Å²) in [5.74, 6) is 0. The van der Waals surface area contributed by atoms with Gasteiger partial charge in [-0.3, -0.25) is 0 Å². The summed E-state index contributed by atoms with van der Waals surface area (Å²) in [6, 6.07) is 3.74. The maximum Gasteiger partial charge on any atom is 0.00727 e. The van der Waals surface area contributed by atoms with E-state index in [2.05, 4.69) is 29.1 Å². The van der Waals surface area contributed by atoms with Gasteiger partial charge >= 0.3 is 0 Å². The second kappa shape index (κ2) is 4.94. The summed E-state index contributed by atoms with van der Waals surface area (Å²) in [6.07, 6.45) is 6.68. The minimum absolute atomic E-state index is 0.733. The average Bonchev–Trinajstić information content (AvgIpc) is 2.67. The number of hydrogen-bond acceptors (Lipinski definition) is 2. The molecule has 0 bridgehead atoms. The van der Waals surface area contributed by atoms with Crippen LogP contribution in [0.5, 0.6) is 0 Å². The van der Waals surface area contributed by atoms with Gasteiger partial charge in [0.2, 0.25) is 0 Å². The summed E-state index contributed by atoms with van der Waals surface area (Å²) >= 11 is 1.81. The highest BCUT2D eigenvalue weighted by Gasteiger charge is 2.16. The van der Waals surface area contributed by atoms with Gasteiger partial charge in [0.25, 0.3) is 0 Å². The van der Waals surface area contributed by atoms with Crippen molar-refractivity contribution >= 4 is 11.3 Å². The lowest BCUT2D eigenvalue weighted by Gasteiger charge is -2.28. The first-order valence-corrected chi connectivity index (χ1v) is 6.56. The molecule has 1 aliphatic heterocycles. The maximum atomic E-state index is 3.68. The lowest BCUT2D eigenvalue weighted by molar-refractivity contribution is 0.322. The molecule has 0 radical (unpaired) electrons. The van der Waals surface area contributed by atoms with Crippen molar-refractivity contribution < 1.29 is 0 Å². The molecule has 1 nitrogen and oxygen atoms in total. The van der Waals surface area contributed by atoms with Crippen LogP contribution < -0.4 is 5.32 Å². The van der Waals surface area contributed by atoms with Gasteiger partial charge in [-0.15, -0.1) is 0 Å². The summed E-state index contributed by atoms with van der Waals surface area (Å²) in [5.41, 5.74) is 1.51. The Morgan fingerprint density at radius 2 is 2.43 bits per heavy atom. The van der Waals surface area contributed by atoms with Crippen LogP contribution in [0, 0.1) is 0 Å². The minimum Gasteiger partial charge on any atom is -0.311 e. The Balaban J connectivity index is 1.75. The van der Waals surface area contributed by atoms with Crippen molar-refractivity contribution in [1.29, 1.82) is 0 Å². The van der Waals surface area contributed by atoms with Crippen molar-refractivity contribution in [2.75, 3.05) is 0 Å². The van der Waals surface area contributed by atoms with Crippen LogP contribution >= 0.6 is 11.3 Å². The van der Waals surface area contributed by atoms with Crippen LogP contribution in [0.2, 0.25) is 0 Å². The number of piperidine rings is 1. The van der Waals surface area contributed by atoms with Crippen LogP contribution in [0.4, 0.5) is 0 Å². The van der Waals surface area contributed by atoms with Crippen molar-refractivity contribution in [2.45, 2.75) is 51.1 Å². The summed E-state index contributed by atoms with van der Waals surface area (Å²) in [7, 11) is 0. The van der Waals surface area contributed by atoms with Crippen LogP contribution in [-0.2, 0) is 6.42 Å². The number of nitrogens with one attached hydrogen (secondary N) is 1. The van der Waals surface area contributed by atoms with E-state index in [0.717, 1.165) is 12.1 Å². The molecule has 1 fully saturated rings. The largest absolute Gasteiger partial charge is 0.311 e. The molecule has 2 atom stereocenters. The molecule has 0 spiro atoms. The van der Waals surface area contributed by atoms with E-state index in [1.54, 1.807) is 11.3 Å². The second-order valence-electron chi connectivity index (χ2n) is 4.37. The first-order chi connectivity index (χ1) is 6.84. The summed E-state index contributed by atoms with van der Waals surface area (Å²) in [5, 5.41) is 8.13. The van der Waals surface area contributed by atoms with E-state index in [1.165, 1.54) is 37.7 Å². The third-order valence-corrected chi connectivity index (χ3v) is 3.80. The van der Waals surface area contributed by atoms with Crippen LogP contribution in [-0.4, -0.2) is 12.1 Å². The summed E-state index contributed by atoms with van der Waals surface area (Å²) < 4.78 is 0. The molecule has 0 aliphatic carbocycles. The van der Waals surface area contributed by atoms with Crippen molar-refractivity contribution in [1.82, 2.24) is 5.32 Å². The highest BCUT2D eigenvalue weighted by atomic mass is 32.1. The van der Waals surface area contributed by atoms with Crippen molar-refractivity contribution in [3.8, 4) is 0 Å². The van der Waals surface area contributed by atoms with Gasteiger partial charge in [0, 0.05) is 12.1 Å². The molecule has 2 heteroatoms. The van der Waals surface area contributed by atoms with E-state index in [1.807, 2.05) is 0 Å². The van der Waals surface area contributed by atoms with Gasteiger partial charge in [-0.2, -0.15) is 11.3 Å². The predicted molar refractivity (Wildman–Crippen MR) is 62.9 cm³/mol. The molecule has 1 N–H and O–H groups in total. The van der Waals surface area contributed by atoms with E-state index in [9.17, 15) is 0 Å². The molecule has 1 aromatic rings. The van der Waals surface area contributed by atoms with Crippen LogP contribution in [0.3, 0.4) is 0 Å². The van der Waals surface area contributed by atoms with E-state index in [4.69, 9.17) is 0 Å². The Kier molecular flexibility index (Phi) is 3.60. The molecule has 0 saturated carbocycles. The molecule has 2 rings (SSSR count). The van der Waals surface area contributed by atoms with Crippen LogP contribution in [0.1, 0.15) is 38.2 Å². The lowest BCUT2D eigenvalue weighted by atomic mass is 9.95. The Hall–Kier alpha value is -0.340. The molecular weight excluding hydrogens is 190 g/mol. The Labute approximate surface area is 90.5 Å². The first kappa shape index (κ1) is 10.2. The van der Waals surface area contributed by atoms with Crippen LogP contribution in [0.25, 0.3) is 0 Å². The quantitative estimate of drug-likeness (QED) is 0.806. The van der Waals surface area contributed by atoms with Gasteiger partial charge in [-0.25, -0.2) is 0 Å². The van der Waals surface area contributed by atoms with Gasteiger partial charge in [-0.05, 0) is 55.0 Å². The van der Waals surface area contributed by atoms with Gasteiger partial charge in [0.1, 0.15) is 0 Å². The molecule has 14 heavy (non-hydrogen) atoms. The molecule has 78 valence electrons. The fourth-order valence-corrected chi connectivity index (χ4v) is 2.95. The van der Waals surface area contributed by atoms with Gasteiger partial charge in [0.15, 0.2) is 0 Å². The fourth-order valence-electron chi connectivity index (χ4n) is 2.24. The highest BCUT2D eigenvalue weighted by molar-refractivity contribution is 7.07. The topological polar surface area (TPSA) is 12.0 Å². The van der Waals surface area contributed by atoms with Gasteiger partial charge in [-0.1, -0.05) is 6.42 Å². The monoisotopic (exact) mass is 209 g/mol. The third-order valence-electron chi connectivity index (χ3n) is 3.07. The fraction of sp³-hybridized carbons (Fsp3) is 0.667. The number of rotatable bonds is 3. The Morgan fingerprint density at radius 3 is 3.14 bits per heavy atom. The second-order valence-corrected chi connectivity index (χ2v) is 5.15. The number of hydrogen-bond donors (Lipinski definition) is 1. The molecule has 1 aliphatic rings. The normalized spacial score (nSPS) is 27.8. The SMILES string of the molecule is CC1CCCC(CCc2ccsc2)N1. The number of aryl methyl sites for hydroxylation is 1. The number of thiophene rings is 1. The molecule has 0 amide bonds. The summed E-state index contributed by atoms with van der Waals surface area (Å²) in [4.78, 5) is 0. The zero-order valence-corrected chi connectivity index (χ0v) is 9.65. The van der Waals surface area contributed by atoms with Crippen molar-refractivity contribution in [3.05, 3.63) is 22.4 Å². The standard InChI is InChI=1S/C12H19NS/c1-10-3-2-4-12(13-10)6-5-11-7-8-14-9-11/h7-10,12-13H,2-6H2,1H3. The zero-order valence-electron chi connectivity index (χ0n) is 8.83. The van der Waals surface area contributed by atoms with E-state index in [-0.39, 0.29) is 0 Å². The molecule has 2 heterocycles. The Morgan fingerprint density at radius 1 is 1.50 bits per heavy atom. The van der Waals surface area contributed by atoms with E-state index in [0.29, 0.717) is 0 Å². The lowest BCUT2D eigenvalue weighted by Crippen LogP contribution is -2.40. The molecular formula is C12H19NS. The van der Waals surface area contributed by atoms with Crippen LogP contribution in [0.15, 0.2) is 16.8 Å². The van der Waals surface area contributed by atoms with Crippen molar-refractivity contribution in [2.24, 2.45) is 0 Å². The minimum atomic E-state index is 0.733.